The molecule has 1 aromatic carbocycles. The van der Waals surface area contributed by atoms with Crippen molar-refractivity contribution in [2.45, 2.75) is 90.4 Å². The average Bonchev–Trinajstić information content (AvgIpc) is 2.73. The van der Waals surface area contributed by atoms with Gasteiger partial charge in [0.1, 0.15) is 0 Å². The number of ether oxygens (including phenoxy) is 1. The molecular formula is C25H38O2. The van der Waals surface area contributed by atoms with E-state index in [0.717, 1.165) is 24.2 Å². The van der Waals surface area contributed by atoms with E-state index in [-0.39, 0.29) is 5.97 Å². The Hall–Kier alpha value is -1.31. The number of hydrogen-bond donors (Lipinski definition) is 0. The van der Waals surface area contributed by atoms with Crippen LogP contribution in [-0.2, 0) is 4.74 Å². The van der Waals surface area contributed by atoms with Crippen molar-refractivity contribution in [2.75, 3.05) is 6.61 Å². The molecule has 0 atom stereocenters. The summed E-state index contributed by atoms with van der Waals surface area (Å²) in [4.78, 5) is 12.0. The van der Waals surface area contributed by atoms with Crippen molar-refractivity contribution in [3.63, 3.8) is 0 Å². The first-order chi connectivity index (χ1) is 13.2. The molecule has 0 aliphatic heterocycles. The predicted molar refractivity (Wildman–Crippen MR) is 112 cm³/mol. The Bertz CT molecular complexity index is 560. The Morgan fingerprint density at radius 1 is 0.852 bits per heavy atom. The van der Waals surface area contributed by atoms with Crippen molar-refractivity contribution in [3.8, 4) is 0 Å². The molecule has 0 aromatic heterocycles. The van der Waals surface area contributed by atoms with Gasteiger partial charge in [-0.1, -0.05) is 51.7 Å². The van der Waals surface area contributed by atoms with E-state index in [1.54, 1.807) is 0 Å². The van der Waals surface area contributed by atoms with Gasteiger partial charge in [0.25, 0.3) is 0 Å². The van der Waals surface area contributed by atoms with Crippen LogP contribution < -0.4 is 0 Å². The molecule has 0 radical (unpaired) electrons. The van der Waals surface area contributed by atoms with Gasteiger partial charge in [-0.05, 0) is 86.3 Å². The average molecular weight is 371 g/mol. The molecule has 1 aromatic rings. The van der Waals surface area contributed by atoms with E-state index in [4.69, 9.17) is 4.74 Å². The smallest absolute Gasteiger partial charge is 0.338 e. The Balaban J connectivity index is 1.46. The number of carbonyl (C=O) groups excluding carboxylic acids is 1. The number of carbonyl (C=O) groups is 1. The molecule has 2 heteroatoms. The molecule has 2 saturated carbocycles. The van der Waals surface area contributed by atoms with Gasteiger partial charge < -0.3 is 4.74 Å². The van der Waals surface area contributed by atoms with Crippen molar-refractivity contribution in [3.05, 3.63) is 35.4 Å². The Kier molecular flexibility index (Phi) is 7.79. The fraction of sp³-hybridized carbons (Fsp3) is 0.720. The van der Waals surface area contributed by atoms with Gasteiger partial charge in [0, 0.05) is 0 Å². The Morgan fingerprint density at radius 3 is 2.00 bits per heavy atom. The van der Waals surface area contributed by atoms with Crippen molar-refractivity contribution in [1.29, 1.82) is 0 Å². The zero-order valence-electron chi connectivity index (χ0n) is 17.4. The largest absolute Gasteiger partial charge is 0.462 e. The van der Waals surface area contributed by atoms with Crippen LogP contribution in [0.25, 0.3) is 0 Å². The van der Waals surface area contributed by atoms with Crippen molar-refractivity contribution >= 4 is 5.97 Å². The third-order valence-electron chi connectivity index (χ3n) is 7.08. The van der Waals surface area contributed by atoms with Gasteiger partial charge in [-0.25, -0.2) is 4.79 Å². The van der Waals surface area contributed by atoms with E-state index in [1.807, 2.05) is 19.1 Å². The van der Waals surface area contributed by atoms with Gasteiger partial charge in [-0.3, -0.25) is 0 Å². The highest BCUT2D eigenvalue weighted by molar-refractivity contribution is 5.89. The first-order valence-corrected chi connectivity index (χ1v) is 11.5. The van der Waals surface area contributed by atoms with Gasteiger partial charge in [-0.2, -0.15) is 0 Å². The summed E-state index contributed by atoms with van der Waals surface area (Å²) in [6.45, 7) is 4.85. The second-order valence-corrected chi connectivity index (χ2v) is 8.94. The molecule has 150 valence electrons. The number of rotatable bonds is 7. The third-order valence-corrected chi connectivity index (χ3v) is 7.08. The maximum atomic E-state index is 12.0. The van der Waals surface area contributed by atoms with Crippen LogP contribution in [0.4, 0.5) is 0 Å². The van der Waals surface area contributed by atoms with Gasteiger partial charge in [0.15, 0.2) is 0 Å². The molecule has 3 rings (SSSR count). The van der Waals surface area contributed by atoms with Crippen LogP contribution in [0.3, 0.4) is 0 Å². The molecular weight excluding hydrogens is 332 g/mol. The minimum Gasteiger partial charge on any atom is -0.462 e. The maximum absolute atomic E-state index is 12.0. The summed E-state index contributed by atoms with van der Waals surface area (Å²) in [6, 6.07) is 8.22. The molecule has 2 aliphatic rings. The Labute approximate surface area is 166 Å². The van der Waals surface area contributed by atoms with Crippen LogP contribution in [0, 0.1) is 17.8 Å². The molecule has 2 fully saturated rings. The molecule has 0 N–H and O–H groups in total. The van der Waals surface area contributed by atoms with E-state index in [1.165, 1.54) is 69.8 Å². The quantitative estimate of drug-likeness (QED) is 0.477. The highest BCUT2D eigenvalue weighted by Crippen LogP contribution is 2.44. The van der Waals surface area contributed by atoms with Crippen LogP contribution in [-0.4, -0.2) is 12.6 Å². The minimum absolute atomic E-state index is 0.189. The summed E-state index contributed by atoms with van der Waals surface area (Å²) >= 11 is 0. The van der Waals surface area contributed by atoms with Crippen LogP contribution >= 0.6 is 0 Å². The zero-order valence-corrected chi connectivity index (χ0v) is 17.4. The molecule has 0 amide bonds. The van der Waals surface area contributed by atoms with E-state index in [9.17, 15) is 4.79 Å². The molecule has 2 aliphatic carbocycles. The zero-order chi connectivity index (χ0) is 19.1. The van der Waals surface area contributed by atoms with E-state index >= 15 is 0 Å². The SMILES string of the molecule is CCCOC(=O)c1ccc(C2CCC(C3CCC(CCC)CC3)CC2)cc1. The lowest BCUT2D eigenvalue weighted by atomic mass is 9.68. The van der Waals surface area contributed by atoms with Crippen molar-refractivity contribution < 1.29 is 9.53 Å². The molecule has 0 heterocycles. The first-order valence-electron chi connectivity index (χ1n) is 11.5. The second-order valence-electron chi connectivity index (χ2n) is 8.94. The summed E-state index contributed by atoms with van der Waals surface area (Å²) in [7, 11) is 0. The third kappa shape index (κ3) is 5.59. The van der Waals surface area contributed by atoms with Crippen LogP contribution in [0.2, 0.25) is 0 Å². The summed E-state index contributed by atoms with van der Waals surface area (Å²) in [5.41, 5.74) is 2.09. The standard InChI is InChI=1S/C25H38O2/c1-3-5-19-6-8-20(9-7-19)21-10-12-22(13-11-21)23-14-16-24(17-15-23)25(26)27-18-4-2/h14-17,19-22H,3-13,18H2,1-2H3. The molecule has 0 spiro atoms. The molecule has 0 unspecified atom stereocenters. The fourth-order valence-electron chi connectivity index (χ4n) is 5.45. The number of benzene rings is 1. The molecule has 27 heavy (non-hydrogen) atoms. The second kappa shape index (κ2) is 10.3. The highest BCUT2D eigenvalue weighted by Gasteiger charge is 2.31. The van der Waals surface area contributed by atoms with Gasteiger partial charge >= 0.3 is 5.97 Å². The summed E-state index contributed by atoms with van der Waals surface area (Å²) in [6.07, 6.45) is 15.0. The maximum Gasteiger partial charge on any atom is 0.338 e. The van der Waals surface area contributed by atoms with Crippen LogP contribution in [0.1, 0.15) is 106 Å². The van der Waals surface area contributed by atoms with Gasteiger partial charge in [-0.15, -0.1) is 0 Å². The fourth-order valence-corrected chi connectivity index (χ4v) is 5.45. The Morgan fingerprint density at radius 2 is 1.44 bits per heavy atom. The molecule has 0 bridgehead atoms. The van der Waals surface area contributed by atoms with Crippen LogP contribution in [0.5, 0.6) is 0 Å². The highest BCUT2D eigenvalue weighted by atomic mass is 16.5. The lowest BCUT2D eigenvalue weighted by molar-refractivity contribution is 0.0505. The first kappa shape index (κ1) is 20.4. The lowest BCUT2D eigenvalue weighted by Gasteiger charge is -2.38. The number of hydrogen-bond acceptors (Lipinski definition) is 2. The van der Waals surface area contributed by atoms with E-state index in [0.29, 0.717) is 18.1 Å². The topological polar surface area (TPSA) is 26.3 Å². The van der Waals surface area contributed by atoms with Crippen LogP contribution in [0.15, 0.2) is 24.3 Å². The lowest BCUT2D eigenvalue weighted by Crippen LogP contribution is -2.25. The normalized spacial score (nSPS) is 28.7. The van der Waals surface area contributed by atoms with E-state index in [2.05, 4.69) is 19.1 Å². The number of esters is 1. The predicted octanol–water partition coefficient (Wildman–Crippen LogP) is 7.13. The van der Waals surface area contributed by atoms with Crippen molar-refractivity contribution in [2.24, 2.45) is 17.8 Å². The molecule has 0 saturated heterocycles. The monoisotopic (exact) mass is 370 g/mol. The summed E-state index contributed by atoms with van der Waals surface area (Å²) < 4.78 is 5.23. The summed E-state index contributed by atoms with van der Waals surface area (Å²) in [5, 5.41) is 0. The molecule has 2 nitrogen and oxygen atoms in total. The van der Waals surface area contributed by atoms with Gasteiger partial charge in [0.2, 0.25) is 0 Å². The van der Waals surface area contributed by atoms with E-state index < -0.39 is 0 Å². The van der Waals surface area contributed by atoms with Crippen molar-refractivity contribution in [1.82, 2.24) is 0 Å². The minimum atomic E-state index is -0.189. The van der Waals surface area contributed by atoms with Gasteiger partial charge in [0.05, 0.1) is 12.2 Å². The summed E-state index contributed by atoms with van der Waals surface area (Å²) in [5.74, 6) is 3.47.